The molecule has 1 aromatic carbocycles. The average Bonchev–Trinajstić information content (AvgIpc) is 3.05. The molecule has 5 nitrogen and oxygen atoms in total. The van der Waals surface area contributed by atoms with E-state index in [2.05, 4.69) is 4.99 Å². The molecule has 0 bridgehead atoms. The number of aliphatic imine (C=N–C) groups is 1. The summed E-state index contributed by atoms with van der Waals surface area (Å²) in [4.78, 5) is 15.7. The van der Waals surface area contributed by atoms with E-state index in [1.54, 1.807) is 10.8 Å². The smallest absolute Gasteiger partial charge is 0.303 e. The molecule has 0 spiro atoms. The Hall–Kier alpha value is -2.25. The van der Waals surface area contributed by atoms with Crippen molar-refractivity contribution in [2.24, 2.45) is 4.99 Å². The van der Waals surface area contributed by atoms with Crippen LogP contribution in [-0.2, 0) is 11.3 Å². The summed E-state index contributed by atoms with van der Waals surface area (Å²) in [6, 6.07) is 6.00. The summed E-state index contributed by atoms with van der Waals surface area (Å²) in [5, 5.41) is 19.1. The van der Waals surface area contributed by atoms with Gasteiger partial charge in [0.15, 0.2) is 3.95 Å². The van der Waals surface area contributed by atoms with E-state index < -0.39 is 5.97 Å². The second-order valence-corrected chi connectivity index (χ2v) is 7.21. The van der Waals surface area contributed by atoms with Crippen molar-refractivity contribution in [3.05, 3.63) is 38.2 Å². The first-order chi connectivity index (χ1) is 11.5. The number of allylic oxidation sites excluding steroid dienone is 1. The number of fused-ring (bicyclic) bond motifs is 1. The van der Waals surface area contributed by atoms with Gasteiger partial charge in [-0.3, -0.25) is 14.4 Å². The second-order valence-electron chi connectivity index (χ2n) is 5.53. The van der Waals surface area contributed by atoms with Crippen molar-refractivity contribution in [2.75, 3.05) is 0 Å². The van der Waals surface area contributed by atoms with Crippen LogP contribution >= 0.6 is 23.6 Å². The van der Waals surface area contributed by atoms with Crippen molar-refractivity contribution in [3.8, 4) is 5.88 Å². The largest absolute Gasteiger partial charge is 0.493 e. The normalized spacial score (nSPS) is 14.3. The maximum absolute atomic E-state index is 10.6. The number of hydrogen-bond donors (Lipinski definition) is 2. The summed E-state index contributed by atoms with van der Waals surface area (Å²) in [5.41, 5.74) is 4.02. The van der Waals surface area contributed by atoms with Crippen molar-refractivity contribution >= 4 is 53.1 Å². The van der Waals surface area contributed by atoms with Crippen LogP contribution in [0.1, 0.15) is 28.8 Å². The maximum Gasteiger partial charge on any atom is 0.303 e. The van der Waals surface area contributed by atoms with E-state index in [9.17, 15) is 9.90 Å². The lowest BCUT2D eigenvalue weighted by molar-refractivity contribution is -0.137. The number of hydrogen-bond acceptors (Lipinski definition) is 5. The standard InChI is InChI=1S/C17H16N2O3S2/c1-10-4-2-5-12-11(9-18-15(10)12)8-13-16(22)19(17(23)24-13)7-3-6-14(20)21/h2,4-5,8-9,22H,3,6-7H2,1H3,(H,20,21). The first-order valence-electron chi connectivity index (χ1n) is 7.47. The van der Waals surface area contributed by atoms with Gasteiger partial charge in [0.05, 0.1) is 10.6 Å². The molecule has 0 saturated heterocycles. The van der Waals surface area contributed by atoms with Crippen LogP contribution in [0.2, 0.25) is 0 Å². The number of carboxylic acids is 1. The molecule has 1 aliphatic rings. The van der Waals surface area contributed by atoms with Gasteiger partial charge in [-0.05, 0) is 37.2 Å². The topological polar surface area (TPSA) is 74.8 Å². The number of para-hydroxylation sites is 1. The monoisotopic (exact) mass is 360 g/mol. The van der Waals surface area contributed by atoms with Crippen molar-refractivity contribution in [1.29, 1.82) is 0 Å². The lowest BCUT2D eigenvalue weighted by Crippen LogP contribution is -2.01. The van der Waals surface area contributed by atoms with Crippen LogP contribution in [0.5, 0.6) is 5.88 Å². The van der Waals surface area contributed by atoms with Crippen LogP contribution in [0.15, 0.2) is 23.2 Å². The first kappa shape index (κ1) is 16.6. The highest BCUT2D eigenvalue weighted by Gasteiger charge is 2.16. The number of aliphatic carboxylic acids is 1. The lowest BCUT2D eigenvalue weighted by Gasteiger charge is -2.04. The average molecular weight is 360 g/mol. The van der Waals surface area contributed by atoms with Gasteiger partial charge in [-0.15, -0.1) is 11.3 Å². The Morgan fingerprint density at radius 1 is 1.46 bits per heavy atom. The number of thiazole rings is 1. The Labute approximate surface area is 148 Å². The van der Waals surface area contributed by atoms with Gasteiger partial charge in [0.1, 0.15) is 0 Å². The molecule has 124 valence electrons. The van der Waals surface area contributed by atoms with E-state index in [0.29, 0.717) is 21.8 Å². The molecular weight excluding hydrogens is 344 g/mol. The zero-order valence-electron chi connectivity index (χ0n) is 13.0. The SMILES string of the molecule is Cc1cccc2c1N=CC2=Cc1sc(=S)n(CCCC(=O)O)c1O. The third-order valence-corrected chi connectivity index (χ3v) is 5.22. The molecule has 0 radical (unpaired) electrons. The Kier molecular flexibility index (Phi) is 4.64. The van der Waals surface area contributed by atoms with Gasteiger partial charge in [-0.2, -0.15) is 0 Å². The Bertz CT molecular complexity index is 922. The summed E-state index contributed by atoms with van der Waals surface area (Å²) in [6.45, 7) is 2.40. The molecule has 2 aromatic rings. The van der Waals surface area contributed by atoms with Crippen LogP contribution in [0.25, 0.3) is 11.6 Å². The predicted octanol–water partition coefficient (Wildman–Crippen LogP) is 4.41. The quantitative estimate of drug-likeness (QED) is 0.774. The second kappa shape index (κ2) is 6.70. The van der Waals surface area contributed by atoms with Gasteiger partial charge >= 0.3 is 5.97 Å². The Balaban J connectivity index is 1.90. The number of aryl methyl sites for hydroxylation is 1. The van der Waals surface area contributed by atoms with Crippen LogP contribution in [0.3, 0.4) is 0 Å². The van der Waals surface area contributed by atoms with Crippen LogP contribution in [0.4, 0.5) is 5.69 Å². The molecule has 24 heavy (non-hydrogen) atoms. The highest BCUT2D eigenvalue weighted by Crippen LogP contribution is 2.37. The maximum atomic E-state index is 10.6. The van der Waals surface area contributed by atoms with E-state index in [-0.39, 0.29) is 12.3 Å². The number of carboxylic acid groups (broad SMARTS) is 1. The number of nitrogens with zero attached hydrogens (tertiary/aromatic N) is 2. The van der Waals surface area contributed by atoms with Gasteiger partial charge in [0.25, 0.3) is 0 Å². The number of rotatable bonds is 5. The fourth-order valence-corrected chi connectivity index (χ4v) is 3.93. The summed E-state index contributed by atoms with van der Waals surface area (Å²) < 4.78 is 2.11. The van der Waals surface area contributed by atoms with Gasteiger partial charge in [-0.25, -0.2) is 0 Å². The number of carbonyl (C=O) groups is 1. The van der Waals surface area contributed by atoms with Crippen molar-refractivity contribution in [1.82, 2.24) is 4.57 Å². The molecule has 7 heteroatoms. The predicted molar refractivity (Wildman–Crippen MR) is 98.9 cm³/mol. The summed E-state index contributed by atoms with van der Waals surface area (Å²) in [6.07, 6.45) is 4.13. The van der Waals surface area contributed by atoms with Gasteiger partial charge in [0, 0.05) is 30.3 Å². The van der Waals surface area contributed by atoms with Gasteiger partial charge < -0.3 is 10.2 Å². The molecule has 0 unspecified atom stereocenters. The highest BCUT2D eigenvalue weighted by atomic mass is 32.1. The van der Waals surface area contributed by atoms with E-state index in [1.165, 1.54) is 11.3 Å². The summed E-state index contributed by atoms with van der Waals surface area (Å²) in [7, 11) is 0. The Morgan fingerprint density at radius 3 is 3.00 bits per heavy atom. The lowest BCUT2D eigenvalue weighted by atomic mass is 10.0. The molecule has 1 aromatic heterocycles. The van der Waals surface area contributed by atoms with Crippen molar-refractivity contribution in [2.45, 2.75) is 26.3 Å². The first-order valence-corrected chi connectivity index (χ1v) is 8.70. The van der Waals surface area contributed by atoms with Gasteiger partial charge in [0.2, 0.25) is 5.88 Å². The molecule has 1 aliphatic heterocycles. The molecule has 0 saturated carbocycles. The number of aromatic nitrogens is 1. The molecule has 3 rings (SSSR count). The Morgan fingerprint density at radius 2 is 2.25 bits per heavy atom. The third kappa shape index (κ3) is 3.18. The molecule has 0 atom stereocenters. The van der Waals surface area contributed by atoms with Crippen LogP contribution in [-0.4, -0.2) is 27.0 Å². The zero-order chi connectivity index (χ0) is 17.3. The molecule has 2 N–H and O–H groups in total. The molecule has 2 heterocycles. The van der Waals surface area contributed by atoms with E-state index >= 15 is 0 Å². The molecule has 0 amide bonds. The molecule has 0 fully saturated rings. The minimum atomic E-state index is -0.854. The van der Waals surface area contributed by atoms with Crippen LogP contribution in [0, 0.1) is 10.9 Å². The third-order valence-electron chi connectivity index (χ3n) is 3.83. The number of aromatic hydroxyl groups is 1. The fourth-order valence-electron chi connectivity index (χ4n) is 2.62. The number of benzene rings is 1. The minimum Gasteiger partial charge on any atom is -0.493 e. The fraction of sp³-hybridized carbons (Fsp3) is 0.235. The van der Waals surface area contributed by atoms with E-state index in [1.807, 2.05) is 31.2 Å². The van der Waals surface area contributed by atoms with Crippen molar-refractivity contribution < 1.29 is 15.0 Å². The highest BCUT2D eigenvalue weighted by molar-refractivity contribution is 7.73. The minimum absolute atomic E-state index is 0.0484. The van der Waals surface area contributed by atoms with Crippen molar-refractivity contribution in [3.63, 3.8) is 0 Å². The molecule has 0 aliphatic carbocycles. The summed E-state index contributed by atoms with van der Waals surface area (Å²) >= 11 is 6.60. The van der Waals surface area contributed by atoms with Crippen LogP contribution < -0.4 is 0 Å². The molecular formula is C17H16N2O3S2. The zero-order valence-corrected chi connectivity index (χ0v) is 14.7. The van der Waals surface area contributed by atoms with E-state index in [4.69, 9.17) is 17.3 Å². The summed E-state index contributed by atoms with van der Waals surface area (Å²) in [5.74, 6) is -0.773. The van der Waals surface area contributed by atoms with E-state index in [0.717, 1.165) is 22.4 Å². The van der Waals surface area contributed by atoms with Gasteiger partial charge in [-0.1, -0.05) is 18.2 Å².